The van der Waals surface area contributed by atoms with Gasteiger partial charge in [-0.1, -0.05) is 13.8 Å². The molecule has 0 aliphatic carbocycles. The fourth-order valence-electron chi connectivity index (χ4n) is 2.10. The van der Waals surface area contributed by atoms with Crippen LogP contribution >= 0.6 is 11.3 Å². The van der Waals surface area contributed by atoms with Crippen LogP contribution in [0.15, 0.2) is 5.38 Å². The molecule has 1 aromatic rings. The van der Waals surface area contributed by atoms with Gasteiger partial charge < -0.3 is 5.32 Å². The number of aryl methyl sites for hydroxylation is 1. The smallest absolute Gasteiger partial charge is 0.107 e. The van der Waals surface area contributed by atoms with E-state index in [1.165, 1.54) is 5.01 Å². The lowest BCUT2D eigenvalue weighted by atomic mass is 10.0. The Hall–Kier alpha value is -0.450. The molecule has 1 N–H and O–H groups in total. The molecule has 1 saturated heterocycles. The van der Waals surface area contributed by atoms with E-state index in [1.54, 1.807) is 11.3 Å². The summed E-state index contributed by atoms with van der Waals surface area (Å²) in [5, 5.41) is 6.97. The van der Waals surface area contributed by atoms with Crippen LogP contribution in [0.5, 0.6) is 0 Å². The number of aromatic nitrogens is 1. The molecular weight excluding hydrogens is 218 g/mol. The number of piperazine rings is 1. The van der Waals surface area contributed by atoms with E-state index < -0.39 is 0 Å². The second-order valence-corrected chi connectivity index (χ2v) is 5.87. The van der Waals surface area contributed by atoms with E-state index in [4.69, 9.17) is 0 Å². The van der Waals surface area contributed by atoms with Crippen molar-refractivity contribution >= 4 is 11.3 Å². The summed E-state index contributed by atoms with van der Waals surface area (Å²) in [7, 11) is 0. The minimum Gasteiger partial charge on any atom is -0.311 e. The lowest BCUT2D eigenvalue weighted by molar-refractivity contribution is 0.168. The molecule has 16 heavy (non-hydrogen) atoms. The van der Waals surface area contributed by atoms with Gasteiger partial charge >= 0.3 is 0 Å². The number of thiazole rings is 1. The highest BCUT2D eigenvalue weighted by atomic mass is 32.1. The Morgan fingerprint density at radius 2 is 2.44 bits per heavy atom. The predicted molar refractivity (Wildman–Crippen MR) is 68.8 cm³/mol. The molecule has 1 aliphatic rings. The van der Waals surface area contributed by atoms with Gasteiger partial charge in [0.15, 0.2) is 0 Å². The van der Waals surface area contributed by atoms with Gasteiger partial charge in [0.1, 0.15) is 5.01 Å². The number of hydrogen-bond donors (Lipinski definition) is 1. The van der Waals surface area contributed by atoms with Gasteiger partial charge in [0, 0.05) is 36.8 Å². The summed E-state index contributed by atoms with van der Waals surface area (Å²) in [5.74, 6) is 0.709. The van der Waals surface area contributed by atoms with Crippen molar-refractivity contribution in [2.45, 2.75) is 33.4 Å². The molecule has 2 rings (SSSR count). The standard InChI is InChI=1S/C12H21N3S/c1-9(2)11-6-15(5-4-13-11)7-12-14-10(3)8-16-12/h8-9,11,13H,4-7H2,1-3H3. The van der Waals surface area contributed by atoms with Gasteiger partial charge in [0.25, 0.3) is 0 Å². The number of nitrogens with one attached hydrogen (secondary N) is 1. The number of hydrogen-bond acceptors (Lipinski definition) is 4. The van der Waals surface area contributed by atoms with Crippen molar-refractivity contribution in [3.8, 4) is 0 Å². The van der Waals surface area contributed by atoms with Gasteiger partial charge in [0.2, 0.25) is 0 Å². The maximum Gasteiger partial charge on any atom is 0.107 e. The van der Waals surface area contributed by atoms with E-state index in [0.717, 1.165) is 31.9 Å². The van der Waals surface area contributed by atoms with Crippen LogP contribution in [0, 0.1) is 12.8 Å². The Labute approximate surface area is 102 Å². The Morgan fingerprint density at radius 3 is 3.06 bits per heavy atom. The summed E-state index contributed by atoms with van der Waals surface area (Å²) in [6.07, 6.45) is 0. The van der Waals surface area contributed by atoms with Crippen LogP contribution in [-0.4, -0.2) is 35.6 Å². The Morgan fingerprint density at radius 1 is 1.62 bits per heavy atom. The summed E-state index contributed by atoms with van der Waals surface area (Å²) in [4.78, 5) is 7.04. The molecule has 0 radical (unpaired) electrons. The third-order valence-corrected chi connectivity index (χ3v) is 4.07. The minimum absolute atomic E-state index is 0.634. The lowest BCUT2D eigenvalue weighted by Gasteiger charge is -2.35. The Balaban J connectivity index is 1.90. The van der Waals surface area contributed by atoms with Crippen molar-refractivity contribution in [3.63, 3.8) is 0 Å². The molecule has 3 nitrogen and oxygen atoms in total. The predicted octanol–water partition coefficient (Wildman–Crippen LogP) is 1.88. The highest BCUT2D eigenvalue weighted by molar-refractivity contribution is 7.09. The van der Waals surface area contributed by atoms with E-state index in [-0.39, 0.29) is 0 Å². The molecular formula is C12H21N3S. The van der Waals surface area contributed by atoms with Crippen LogP contribution in [0.1, 0.15) is 24.5 Å². The van der Waals surface area contributed by atoms with Crippen molar-refractivity contribution in [3.05, 3.63) is 16.1 Å². The molecule has 4 heteroatoms. The molecule has 1 aromatic heterocycles. The monoisotopic (exact) mass is 239 g/mol. The van der Waals surface area contributed by atoms with Gasteiger partial charge in [-0.2, -0.15) is 0 Å². The van der Waals surface area contributed by atoms with Crippen LogP contribution in [0.25, 0.3) is 0 Å². The summed E-state index contributed by atoms with van der Waals surface area (Å²) in [6, 6.07) is 0.634. The van der Waals surface area contributed by atoms with E-state index in [0.29, 0.717) is 12.0 Å². The number of nitrogens with zero attached hydrogens (tertiary/aromatic N) is 2. The van der Waals surface area contributed by atoms with Gasteiger partial charge in [-0.15, -0.1) is 11.3 Å². The normalized spacial score (nSPS) is 22.9. The molecule has 1 unspecified atom stereocenters. The van der Waals surface area contributed by atoms with Crippen molar-refractivity contribution in [1.82, 2.24) is 15.2 Å². The summed E-state index contributed by atoms with van der Waals surface area (Å²) < 4.78 is 0. The zero-order valence-electron chi connectivity index (χ0n) is 10.4. The summed E-state index contributed by atoms with van der Waals surface area (Å²) in [6.45, 7) is 11.0. The molecule has 2 heterocycles. The van der Waals surface area contributed by atoms with Crippen molar-refractivity contribution in [1.29, 1.82) is 0 Å². The van der Waals surface area contributed by atoms with Crippen molar-refractivity contribution in [2.24, 2.45) is 5.92 Å². The SMILES string of the molecule is Cc1csc(CN2CCNC(C(C)C)C2)n1. The fraction of sp³-hybridized carbons (Fsp3) is 0.750. The van der Waals surface area contributed by atoms with Gasteiger partial charge in [-0.05, 0) is 12.8 Å². The Bertz CT molecular complexity index is 335. The second-order valence-electron chi connectivity index (χ2n) is 4.92. The first-order valence-corrected chi connectivity index (χ1v) is 6.90. The van der Waals surface area contributed by atoms with Crippen LogP contribution in [-0.2, 0) is 6.54 Å². The van der Waals surface area contributed by atoms with Crippen molar-refractivity contribution < 1.29 is 0 Å². The Kier molecular flexibility index (Phi) is 3.95. The average molecular weight is 239 g/mol. The third-order valence-electron chi connectivity index (χ3n) is 3.12. The molecule has 0 amide bonds. The van der Waals surface area contributed by atoms with E-state index in [2.05, 4.69) is 41.4 Å². The van der Waals surface area contributed by atoms with Crippen molar-refractivity contribution in [2.75, 3.05) is 19.6 Å². The molecule has 0 bridgehead atoms. The molecule has 1 aliphatic heterocycles. The largest absolute Gasteiger partial charge is 0.311 e. The highest BCUT2D eigenvalue weighted by Gasteiger charge is 2.22. The maximum atomic E-state index is 4.53. The van der Waals surface area contributed by atoms with Crippen LogP contribution in [0.2, 0.25) is 0 Å². The minimum atomic E-state index is 0.634. The lowest BCUT2D eigenvalue weighted by Crippen LogP contribution is -2.52. The molecule has 0 saturated carbocycles. The highest BCUT2D eigenvalue weighted by Crippen LogP contribution is 2.14. The topological polar surface area (TPSA) is 28.2 Å². The van der Waals surface area contributed by atoms with Crippen LogP contribution < -0.4 is 5.32 Å². The average Bonchev–Trinajstić information content (AvgIpc) is 2.64. The number of rotatable bonds is 3. The van der Waals surface area contributed by atoms with Gasteiger partial charge in [-0.3, -0.25) is 4.90 Å². The second kappa shape index (κ2) is 5.25. The quantitative estimate of drug-likeness (QED) is 0.873. The third kappa shape index (κ3) is 3.03. The van der Waals surface area contributed by atoms with Gasteiger partial charge in [-0.25, -0.2) is 4.98 Å². The van der Waals surface area contributed by atoms with E-state index >= 15 is 0 Å². The zero-order chi connectivity index (χ0) is 11.5. The van der Waals surface area contributed by atoms with Gasteiger partial charge in [0.05, 0.1) is 6.54 Å². The molecule has 1 fully saturated rings. The molecule has 90 valence electrons. The van der Waals surface area contributed by atoms with Crippen LogP contribution in [0.4, 0.5) is 0 Å². The summed E-state index contributed by atoms with van der Waals surface area (Å²) >= 11 is 1.78. The first-order chi connectivity index (χ1) is 7.65. The maximum absolute atomic E-state index is 4.53. The fourth-order valence-corrected chi connectivity index (χ4v) is 2.91. The zero-order valence-corrected chi connectivity index (χ0v) is 11.2. The summed E-state index contributed by atoms with van der Waals surface area (Å²) in [5.41, 5.74) is 1.15. The van der Waals surface area contributed by atoms with Crippen LogP contribution in [0.3, 0.4) is 0 Å². The van der Waals surface area contributed by atoms with E-state index in [1.807, 2.05) is 0 Å². The first kappa shape index (κ1) is 12.0. The molecule has 0 aromatic carbocycles. The molecule has 0 spiro atoms. The molecule has 1 atom stereocenters. The van der Waals surface area contributed by atoms with E-state index in [9.17, 15) is 0 Å². The first-order valence-electron chi connectivity index (χ1n) is 6.02.